The highest BCUT2D eigenvalue weighted by Gasteiger charge is 2.14. The van der Waals surface area contributed by atoms with Crippen molar-refractivity contribution in [3.8, 4) is 0 Å². The summed E-state index contributed by atoms with van der Waals surface area (Å²) in [5.74, 6) is 0.565. The first-order valence-electron chi connectivity index (χ1n) is 4.86. The van der Waals surface area contributed by atoms with Crippen LogP contribution in [0, 0.1) is 0 Å². The molecule has 0 aliphatic rings. The van der Waals surface area contributed by atoms with Crippen molar-refractivity contribution in [3.05, 3.63) is 29.6 Å². The summed E-state index contributed by atoms with van der Waals surface area (Å²) in [7, 11) is 0. The van der Waals surface area contributed by atoms with E-state index in [1.807, 2.05) is 12.4 Å². The Morgan fingerprint density at radius 3 is 2.23 bits per heavy atom. The minimum absolute atomic E-state index is 0.206. The quantitative estimate of drug-likeness (QED) is 0.639. The average molecular weight is 177 g/mol. The summed E-state index contributed by atoms with van der Waals surface area (Å²) in [6.07, 6.45) is 3.92. The van der Waals surface area contributed by atoms with Crippen LogP contribution in [0.2, 0.25) is 0 Å². The largest absolute Gasteiger partial charge is 0.264 e. The third-order valence-electron chi connectivity index (χ3n) is 2.29. The van der Waals surface area contributed by atoms with E-state index in [0.29, 0.717) is 5.92 Å². The third-order valence-corrected chi connectivity index (χ3v) is 2.29. The average Bonchev–Trinajstić information content (AvgIpc) is 2.03. The van der Waals surface area contributed by atoms with Crippen LogP contribution >= 0.6 is 0 Å². The van der Waals surface area contributed by atoms with Gasteiger partial charge in [0.15, 0.2) is 0 Å². The van der Waals surface area contributed by atoms with Crippen LogP contribution < -0.4 is 0 Å². The van der Waals surface area contributed by atoms with E-state index in [4.69, 9.17) is 0 Å². The van der Waals surface area contributed by atoms with Gasteiger partial charge in [-0.1, -0.05) is 40.7 Å². The standard InChI is InChI=1S/C12H19N/c1-9(2)10-6-11(8-13-7-10)12(3,4)5/h6-9H,1-5H3. The maximum atomic E-state index is 4.27. The Morgan fingerprint density at radius 1 is 1.15 bits per heavy atom. The molecule has 1 heterocycles. The molecule has 1 aromatic rings. The summed E-state index contributed by atoms with van der Waals surface area (Å²) in [5, 5.41) is 0. The van der Waals surface area contributed by atoms with Gasteiger partial charge in [-0.3, -0.25) is 4.98 Å². The van der Waals surface area contributed by atoms with Gasteiger partial charge in [0, 0.05) is 12.4 Å². The number of rotatable bonds is 1. The zero-order chi connectivity index (χ0) is 10.1. The Hall–Kier alpha value is -0.850. The molecule has 0 N–H and O–H groups in total. The van der Waals surface area contributed by atoms with E-state index in [-0.39, 0.29) is 5.41 Å². The fraction of sp³-hybridized carbons (Fsp3) is 0.583. The SMILES string of the molecule is CC(C)c1cncc(C(C)(C)C)c1. The molecule has 1 rings (SSSR count). The Kier molecular flexibility index (Phi) is 2.74. The molecule has 1 aromatic heterocycles. The van der Waals surface area contributed by atoms with Crippen LogP contribution in [0.15, 0.2) is 18.5 Å². The van der Waals surface area contributed by atoms with Gasteiger partial charge in [-0.25, -0.2) is 0 Å². The maximum Gasteiger partial charge on any atom is 0.0305 e. The summed E-state index contributed by atoms with van der Waals surface area (Å²) in [4.78, 5) is 4.27. The number of pyridine rings is 1. The predicted molar refractivity (Wildman–Crippen MR) is 57.0 cm³/mol. The molecular weight excluding hydrogens is 158 g/mol. The first kappa shape index (κ1) is 10.2. The Labute approximate surface area is 81.2 Å². The lowest BCUT2D eigenvalue weighted by Crippen LogP contribution is -2.12. The van der Waals surface area contributed by atoms with Crippen LogP contribution in [0.1, 0.15) is 51.7 Å². The molecule has 0 saturated carbocycles. The Bertz CT molecular complexity index is 281. The van der Waals surface area contributed by atoms with E-state index in [2.05, 4.69) is 45.7 Å². The zero-order valence-electron chi connectivity index (χ0n) is 9.26. The number of aromatic nitrogens is 1. The third kappa shape index (κ3) is 2.55. The van der Waals surface area contributed by atoms with Crippen molar-refractivity contribution in [3.63, 3.8) is 0 Å². The summed E-state index contributed by atoms with van der Waals surface area (Å²) in [5.41, 5.74) is 2.85. The fourth-order valence-electron chi connectivity index (χ4n) is 1.18. The molecule has 13 heavy (non-hydrogen) atoms. The fourth-order valence-corrected chi connectivity index (χ4v) is 1.18. The van der Waals surface area contributed by atoms with Crippen molar-refractivity contribution in [2.75, 3.05) is 0 Å². The van der Waals surface area contributed by atoms with Gasteiger partial charge in [0.1, 0.15) is 0 Å². The van der Waals surface area contributed by atoms with Crippen LogP contribution in [0.25, 0.3) is 0 Å². The summed E-state index contributed by atoms with van der Waals surface area (Å²) >= 11 is 0. The van der Waals surface area contributed by atoms with E-state index in [9.17, 15) is 0 Å². The van der Waals surface area contributed by atoms with Crippen LogP contribution in [-0.2, 0) is 5.41 Å². The van der Waals surface area contributed by atoms with Gasteiger partial charge in [-0.15, -0.1) is 0 Å². The highest BCUT2D eigenvalue weighted by atomic mass is 14.6. The molecular formula is C12H19N. The van der Waals surface area contributed by atoms with Crippen LogP contribution in [-0.4, -0.2) is 4.98 Å². The van der Waals surface area contributed by atoms with Crippen molar-refractivity contribution in [2.45, 2.75) is 46.0 Å². The zero-order valence-corrected chi connectivity index (χ0v) is 9.26. The van der Waals surface area contributed by atoms with Crippen molar-refractivity contribution in [1.82, 2.24) is 4.98 Å². The smallest absolute Gasteiger partial charge is 0.0305 e. The topological polar surface area (TPSA) is 12.9 Å². The number of hydrogen-bond donors (Lipinski definition) is 0. The first-order chi connectivity index (χ1) is 5.91. The molecule has 0 fully saturated rings. The molecule has 0 amide bonds. The van der Waals surface area contributed by atoms with Crippen LogP contribution in [0.3, 0.4) is 0 Å². The normalized spacial score (nSPS) is 12.2. The summed E-state index contributed by atoms with van der Waals surface area (Å²) in [6.45, 7) is 11.0. The van der Waals surface area contributed by atoms with Crippen LogP contribution in [0.5, 0.6) is 0 Å². The van der Waals surface area contributed by atoms with Gasteiger partial charge in [-0.2, -0.15) is 0 Å². The molecule has 0 atom stereocenters. The Morgan fingerprint density at radius 2 is 1.77 bits per heavy atom. The second-order valence-electron chi connectivity index (χ2n) is 4.91. The van der Waals surface area contributed by atoms with Crippen molar-refractivity contribution in [2.24, 2.45) is 0 Å². The summed E-state index contributed by atoms with van der Waals surface area (Å²) in [6, 6.07) is 2.26. The molecule has 0 aliphatic heterocycles. The van der Waals surface area contributed by atoms with Gasteiger partial charge in [0.25, 0.3) is 0 Å². The molecule has 0 radical (unpaired) electrons. The lowest BCUT2D eigenvalue weighted by molar-refractivity contribution is 0.585. The van der Waals surface area contributed by atoms with E-state index < -0.39 is 0 Å². The van der Waals surface area contributed by atoms with Gasteiger partial charge in [-0.05, 0) is 22.5 Å². The molecule has 0 saturated heterocycles. The predicted octanol–water partition coefficient (Wildman–Crippen LogP) is 3.50. The van der Waals surface area contributed by atoms with E-state index in [1.165, 1.54) is 11.1 Å². The minimum Gasteiger partial charge on any atom is -0.264 e. The molecule has 1 heteroatoms. The molecule has 0 aromatic carbocycles. The van der Waals surface area contributed by atoms with Crippen molar-refractivity contribution in [1.29, 1.82) is 0 Å². The maximum absolute atomic E-state index is 4.27. The molecule has 0 bridgehead atoms. The second kappa shape index (κ2) is 3.49. The Balaban J connectivity index is 3.06. The monoisotopic (exact) mass is 177 g/mol. The lowest BCUT2D eigenvalue weighted by Gasteiger charge is -2.19. The molecule has 1 nitrogen and oxygen atoms in total. The van der Waals surface area contributed by atoms with Gasteiger partial charge in [0.2, 0.25) is 0 Å². The molecule has 72 valence electrons. The molecule has 0 unspecified atom stereocenters. The second-order valence-corrected chi connectivity index (χ2v) is 4.91. The molecule has 0 spiro atoms. The highest BCUT2D eigenvalue weighted by Crippen LogP contribution is 2.24. The van der Waals surface area contributed by atoms with Gasteiger partial charge >= 0.3 is 0 Å². The summed E-state index contributed by atoms with van der Waals surface area (Å²) < 4.78 is 0. The number of hydrogen-bond acceptors (Lipinski definition) is 1. The van der Waals surface area contributed by atoms with E-state index in [1.54, 1.807) is 0 Å². The highest BCUT2D eigenvalue weighted by molar-refractivity contribution is 5.25. The van der Waals surface area contributed by atoms with Crippen molar-refractivity contribution >= 4 is 0 Å². The van der Waals surface area contributed by atoms with Gasteiger partial charge in [0.05, 0.1) is 0 Å². The molecule has 0 aliphatic carbocycles. The van der Waals surface area contributed by atoms with E-state index >= 15 is 0 Å². The van der Waals surface area contributed by atoms with Gasteiger partial charge < -0.3 is 0 Å². The van der Waals surface area contributed by atoms with Crippen molar-refractivity contribution < 1.29 is 0 Å². The number of nitrogens with zero attached hydrogens (tertiary/aromatic N) is 1. The van der Waals surface area contributed by atoms with Crippen LogP contribution in [0.4, 0.5) is 0 Å². The minimum atomic E-state index is 0.206. The lowest BCUT2D eigenvalue weighted by atomic mass is 9.86. The van der Waals surface area contributed by atoms with E-state index in [0.717, 1.165) is 0 Å². The first-order valence-corrected chi connectivity index (χ1v) is 4.86.